The molecular weight excluding hydrogens is 631 g/mol. The minimum atomic E-state index is -0.972. The normalized spacial score (nSPS) is 15.4. The molecule has 1 atom stereocenters. The molecule has 0 aliphatic carbocycles. The second-order valence-corrected chi connectivity index (χ2v) is 12.8. The molecule has 6 rings (SSSR count). The SMILES string of the molecule is O=C(O)N(Cc1ccccc1)C(C1=Nc2cc(OCCCCN3CCN(c4cccc(Cl)c4Cl)CC3)ccc2CC1)c1ccccc1. The summed E-state index contributed by atoms with van der Waals surface area (Å²) in [5, 5.41) is 11.6. The van der Waals surface area contributed by atoms with Crippen molar-refractivity contribution in [2.24, 2.45) is 4.99 Å². The average molecular weight is 672 g/mol. The maximum absolute atomic E-state index is 12.7. The van der Waals surface area contributed by atoms with Crippen molar-refractivity contribution in [1.29, 1.82) is 0 Å². The van der Waals surface area contributed by atoms with Crippen LogP contribution in [0.15, 0.2) is 102 Å². The Bertz CT molecular complexity index is 1680. The van der Waals surface area contributed by atoms with E-state index in [-0.39, 0.29) is 6.54 Å². The second-order valence-electron chi connectivity index (χ2n) is 12.1. The van der Waals surface area contributed by atoms with Gasteiger partial charge in [-0.1, -0.05) is 96.0 Å². The number of nitrogens with zero attached hydrogens (tertiary/aromatic N) is 4. The summed E-state index contributed by atoms with van der Waals surface area (Å²) in [7, 11) is 0. The van der Waals surface area contributed by atoms with Gasteiger partial charge in [0.2, 0.25) is 0 Å². The highest BCUT2D eigenvalue weighted by atomic mass is 35.5. The number of fused-ring (bicyclic) bond motifs is 1. The summed E-state index contributed by atoms with van der Waals surface area (Å²) in [4.78, 5) is 24.0. The molecule has 0 radical (unpaired) electrons. The van der Waals surface area contributed by atoms with Crippen LogP contribution in [0.5, 0.6) is 5.75 Å². The van der Waals surface area contributed by atoms with Gasteiger partial charge in [-0.2, -0.15) is 0 Å². The van der Waals surface area contributed by atoms with E-state index >= 15 is 0 Å². The Kier molecular flexibility index (Phi) is 11.0. The van der Waals surface area contributed by atoms with Crippen molar-refractivity contribution in [3.63, 3.8) is 0 Å². The Morgan fingerprint density at radius 3 is 2.36 bits per heavy atom. The number of carboxylic acid groups (broad SMARTS) is 1. The lowest BCUT2D eigenvalue weighted by atomic mass is 9.92. The van der Waals surface area contributed by atoms with Crippen LogP contribution >= 0.6 is 23.2 Å². The van der Waals surface area contributed by atoms with Gasteiger partial charge in [-0.3, -0.25) is 14.8 Å². The highest BCUT2D eigenvalue weighted by molar-refractivity contribution is 6.43. The molecule has 1 N–H and O–H groups in total. The van der Waals surface area contributed by atoms with Gasteiger partial charge < -0.3 is 14.7 Å². The van der Waals surface area contributed by atoms with Crippen LogP contribution in [0, 0.1) is 0 Å². The van der Waals surface area contributed by atoms with Crippen LogP contribution < -0.4 is 9.64 Å². The van der Waals surface area contributed by atoms with E-state index in [1.54, 1.807) is 0 Å². The summed E-state index contributed by atoms with van der Waals surface area (Å²) in [6.07, 6.45) is 2.52. The van der Waals surface area contributed by atoms with Crippen LogP contribution in [0.25, 0.3) is 0 Å². The number of hydrogen-bond donors (Lipinski definition) is 1. The van der Waals surface area contributed by atoms with Gasteiger partial charge in [-0.05, 0) is 67.1 Å². The molecule has 1 saturated heterocycles. The lowest BCUT2D eigenvalue weighted by Crippen LogP contribution is -2.46. The Hall–Kier alpha value is -4.04. The fourth-order valence-corrected chi connectivity index (χ4v) is 6.85. The summed E-state index contributed by atoms with van der Waals surface area (Å²) in [6.45, 7) is 5.77. The van der Waals surface area contributed by atoms with Crippen molar-refractivity contribution in [3.05, 3.63) is 124 Å². The molecule has 0 bridgehead atoms. The summed E-state index contributed by atoms with van der Waals surface area (Å²) in [5.74, 6) is 0.788. The van der Waals surface area contributed by atoms with Crippen molar-refractivity contribution >= 4 is 46.4 Å². The van der Waals surface area contributed by atoms with Crippen LogP contribution in [0.2, 0.25) is 10.0 Å². The molecule has 47 heavy (non-hydrogen) atoms. The number of benzene rings is 4. The quantitative estimate of drug-likeness (QED) is 0.152. The van der Waals surface area contributed by atoms with Gasteiger partial charge in [0, 0.05) is 38.0 Å². The van der Waals surface area contributed by atoms with Crippen LogP contribution in [0.1, 0.15) is 42.0 Å². The number of hydrogen-bond acceptors (Lipinski definition) is 5. The number of aliphatic imine (C=N–C) groups is 1. The lowest BCUT2D eigenvalue weighted by Gasteiger charge is -2.36. The van der Waals surface area contributed by atoms with Crippen LogP contribution in [-0.2, 0) is 13.0 Å². The molecule has 0 saturated carbocycles. The predicted octanol–water partition coefficient (Wildman–Crippen LogP) is 8.91. The number of unbranched alkanes of at least 4 members (excludes halogenated alkanes) is 1. The minimum Gasteiger partial charge on any atom is -0.494 e. The smallest absolute Gasteiger partial charge is 0.408 e. The zero-order valence-electron chi connectivity index (χ0n) is 26.4. The van der Waals surface area contributed by atoms with Crippen LogP contribution in [0.3, 0.4) is 0 Å². The number of aryl methyl sites for hydroxylation is 1. The van der Waals surface area contributed by atoms with E-state index in [9.17, 15) is 9.90 Å². The third kappa shape index (κ3) is 8.28. The summed E-state index contributed by atoms with van der Waals surface area (Å²) < 4.78 is 6.18. The highest BCUT2D eigenvalue weighted by Gasteiger charge is 2.31. The molecule has 2 aliphatic rings. The summed E-state index contributed by atoms with van der Waals surface area (Å²) in [6, 6.07) is 31.0. The van der Waals surface area contributed by atoms with Crippen molar-refractivity contribution in [3.8, 4) is 5.75 Å². The maximum atomic E-state index is 12.7. The Balaban J connectivity index is 1.06. The number of carbonyl (C=O) groups is 1. The molecule has 0 aromatic heterocycles. The topological polar surface area (TPSA) is 68.6 Å². The molecule has 1 fully saturated rings. The van der Waals surface area contributed by atoms with Gasteiger partial charge in [0.05, 0.1) is 40.6 Å². The second kappa shape index (κ2) is 15.7. The van der Waals surface area contributed by atoms with E-state index in [2.05, 4.69) is 15.9 Å². The van der Waals surface area contributed by atoms with E-state index in [1.165, 1.54) is 4.90 Å². The molecule has 1 amide bonds. The minimum absolute atomic E-state index is 0.274. The van der Waals surface area contributed by atoms with Crippen LogP contribution in [-0.4, -0.2) is 66.0 Å². The van der Waals surface area contributed by atoms with E-state index in [0.29, 0.717) is 23.1 Å². The van der Waals surface area contributed by atoms with Crippen molar-refractivity contribution in [2.75, 3.05) is 44.2 Å². The van der Waals surface area contributed by atoms with E-state index in [0.717, 1.165) is 91.5 Å². The Morgan fingerprint density at radius 1 is 0.872 bits per heavy atom. The molecular formula is C38H40Cl2N4O3. The van der Waals surface area contributed by atoms with Crippen molar-refractivity contribution < 1.29 is 14.6 Å². The molecule has 4 aromatic carbocycles. The van der Waals surface area contributed by atoms with Gasteiger partial charge in [0.1, 0.15) is 5.75 Å². The Labute approximate surface area is 287 Å². The third-order valence-corrected chi connectivity index (χ3v) is 9.75. The number of anilines is 1. The zero-order chi connectivity index (χ0) is 32.6. The average Bonchev–Trinajstić information content (AvgIpc) is 3.10. The molecule has 4 aromatic rings. The number of ether oxygens (including phenoxy) is 1. The largest absolute Gasteiger partial charge is 0.494 e. The van der Waals surface area contributed by atoms with Crippen molar-refractivity contribution in [1.82, 2.24) is 9.80 Å². The van der Waals surface area contributed by atoms with Gasteiger partial charge in [0.15, 0.2) is 0 Å². The first-order chi connectivity index (χ1) is 23.0. The lowest BCUT2D eigenvalue weighted by molar-refractivity contribution is 0.133. The third-order valence-electron chi connectivity index (χ3n) is 8.94. The standard InChI is InChI=1S/C38H40Cl2N4O3/c39-32-14-9-15-35(36(32)40)43-23-21-42(22-24-43)20-7-8-25-47-31-18-16-29-17-19-33(41-34(29)26-31)37(30-12-5-2-6-13-30)44(38(45)46)27-28-10-3-1-4-11-28/h1-6,9-16,18,26,37H,7-8,17,19-25,27H2,(H,45,46). The highest BCUT2D eigenvalue weighted by Crippen LogP contribution is 2.36. The number of rotatable bonds is 12. The first-order valence-corrected chi connectivity index (χ1v) is 17.0. The van der Waals surface area contributed by atoms with E-state index < -0.39 is 12.1 Å². The first-order valence-electron chi connectivity index (χ1n) is 16.3. The maximum Gasteiger partial charge on any atom is 0.408 e. The van der Waals surface area contributed by atoms with E-state index in [4.69, 9.17) is 32.9 Å². The monoisotopic (exact) mass is 670 g/mol. The van der Waals surface area contributed by atoms with Crippen molar-refractivity contribution in [2.45, 2.75) is 38.3 Å². The van der Waals surface area contributed by atoms with Gasteiger partial charge in [-0.25, -0.2) is 4.79 Å². The number of halogens is 2. The Morgan fingerprint density at radius 2 is 1.62 bits per heavy atom. The van der Waals surface area contributed by atoms with Crippen LogP contribution in [0.4, 0.5) is 16.2 Å². The van der Waals surface area contributed by atoms with Gasteiger partial charge in [0.25, 0.3) is 0 Å². The summed E-state index contributed by atoms with van der Waals surface area (Å²) in [5.41, 5.74) is 5.71. The molecule has 1 unspecified atom stereocenters. The van der Waals surface area contributed by atoms with E-state index in [1.807, 2.05) is 91.0 Å². The number of amides is 1. The predicted molar refractivity (Wildman–Crippen MR) is 191 cm³/mol. The molecule has 244 valence electrons. The molecule has 2 aliphatic heterocycles. The fourth-order valence-electron chi connectivity index (χ4n) is 6.43. The first kappa shape index (κ1) is 32.9. The molecule has 0 spiro atoms. The fraction of sp³-hybridized carbons (Fsp3) is 0.316. The molecule has 7 nitrogen and oxygen atoms in total. The molecule has 9 heteroatoms. The zero-order valence-corrected chi connectivity index (χ0v) is 27.9. The number of piperazine rings is 1. The van der Waals surface area contributed by atoms with Gasteiger partial charge >= 0.3 is 6.09 Å². The summed E-state index contributed by atoms with van der Waals surface area (Å²) >= 11 is 12.7. The molecule has 2 heterocycles. The van der Waals surface area contributed by atoms with Gasteiger partial charge in [-0.15, -0.1) is 0 Å².